The highest BCUT2D eigenvalue weighted by molar-refractivity contribution is 7.80. The van der Waals surface area contributed by atoms with E-state index in [1.807, 2.05) is 0 Å². The van der Waals surface area contributed by atoms with Crippen molar-refractivity contribution in [1.82, 2.24) is 15.5 Å². The number of thiocarbonyl (C=S) groups is 1. The number of carbonyl (C=O) groups is 2. The van der Waals surface area contributed by atoms with Crippen LogP contribution in [0.15, 0.2) is 64.0 Å². The molecule has 9 nitrogen and oxygen atoms in total. The number of aromatic nitrogens is 2. The Hall–Kier alpha value is -4.18. The number of rotatable bonds is 4. The molecular weight excluding hydrogens is 406 g/mol. The topological polar surface area (TPSA) is 146 Å². The van der Waals surface area contributed by atoms with Crippen LogP contribution in [0.4, 0.5) is 10.5 Å². The number of aromatic amines is 2. The predicted octanol–water partition coefficient (Wildman–Crippen LogP) is 2.71. The van der Waals surface area contributed by atoms with Crippen LogP contribution in [0, 0.1) is 0 Å². The van der Waals surface area contributed by atoms with E-state index in [2.05, 4.69) is 20.8 Å². The summed E-state index contributed by atoms with van der Waals surface area (Å²) in [4.78, 5) is 36.3. The summed E-state index contributed by atoms with van der Waals surface area (Å²) in [6, 6.07) is 12.7. The first-order valence-electron chi connectivity index (χ1n) is 8.74. The number of nitrogens with two attached hydrogens (primary N) is 1. The van der Waals surface area contributed by atoms with E-state index in [1.165, 1.54) is 6.26 Å². The molecule has 0 saturated heterocycles. The Morgan fingerprint density at radius 3 is 2.53 bits per heavy atom. The minimum atomic E-state index is -0.852. The first-order chi connectivity index (χ1) is 14.5. The lowest BCUT2D eigenvalue weighted by Gasteiger charge is -2.15. The van der Waals surface area contributed by atoms with Crippen molar-refractivity contribution >= 4 is 45.7 Å². The van der Waals surface area contributed by atoms with E-state index in [0.717, 1.165) is 0 Å². The largest absolute Gasteiger partial charge is 0.459 e. The molecule has 0 aliphatic carbocycles. The fourth-order valence-corrected chi connectivity index (χ4v) is 3.50. The fraction of sp³-hybridized carbons (Fsp3) is 0. The summed E-state index contributed by atoms with van der Waals surface area (Å²) in [6.45, 7) is 0. The Morgan fingerprint density at radius 1 is 1.00 bits per heavy atom. The third kappa shape index (κ3) is 3.47. The zero-order chi connectivity index (χ0) is 21.3. The highest BCUT2D eigenvalue weighted by Crippen LogP contribution is 2.34. The number of para-hydroxylation sites is 1. The normalized spacial score (nSPS) is 10.7. The number of amides is 3. The van der Waals surface area contributed by atoms with Crippen LogP contribution in [0.1, 0.15) is 16.1 Å². The summed E-state index contributed by atoms with van der Waals surface area (Å²) in [5.41, 5.74) is 7.21. The minimum absolute atomic E-state index is 0.0136. The number of hydrogen-bond donors (Lipinski definition) is 5. The summed E-state index contributed by atoms with van der Waals surface area (Å²) < 4.78 is 5.14. The van der Waals surface area contributed by atoms with Gasteiger partial charge in [-0.15, -0.1) is 0 Å². The lowest BCUT2D eigenvalue weighted by Crippen LogP contribution is -2.35. The molecule has 0 unspecified atom stereocenters. The molecule has 2 heterocycles. The van der Waals surface area contributed by atoms with E-state index >= 15 is 0 Å². The Labute approximate surface area is 174 Å². The maximum absolute atomic E-state index is 12.5. The Morgan fingerprint density at radius 2 is 1.80 bits per heavy atom. The van der Waals surface area contributed by atoms with Crippen molar-refractivity contribution in [2.75, 3.05) is 5.32 Å². The summed E-state index contributed by atoms with van der Waals surface area (Å²) in [5.74, 6) is -0.291. The van der Waals surface area contributed by atoms with Gasteiger partial charge in [-0.25, -0.2) is 4.79 Å². The average molecular weight is 421 g/mol. The number of fused-ring (bicyclic) bond motifs is 1. The number of primary amides is 1. The van der Waals surface area contributed by atoms with Crippen LogP contribution >= 0.6 is 12.2 Å². The zero-order valence-electron chi connectivity index (χ0n) is 15.3. The van der Waals surface area contributed by atoms with Crippen molar-refractivity contribution in [3.63, 3.8) is 0 Å². The monoisotopic (exact) mass is 421 g/mol. The van der Waals surface area contributed by atoms with Gasteiger partial charge in [0.25, 0.3) is 11.5 Å². The lowest BCUT2D eigenvalue weighted by atomic mass is 9.95. The zero-order valence-corrected chi connectivity index (χ0v) is 16.1. The van der Waals surface area contributed by atoms with Gasteiger partial charge in [-0.1, -0.05) is 36.5 Å². The molecule has 0 fully saturated rings. The quantitative estimate of drug-likeness (QED) is 0.322. The Kier molecular flexibility index (Phi) is 4.90. The summed E-state index contributed by atoms with van der Waals surface area (Å²) in [6.07, 6.45) is 1.40. The molecule has 0 saturated carbocycles. The van der Waals surface area contributed by atoms with Crippen LogP contribution < -0.4 is 21.9 Å². The van der Waals surface area contributed by atoms with Gasteiger partial charge in [-0.3, -0.25) is 25.1 Å². The summed E-state index contributed by atoms with van der Waals surface area (Å²) in [7, 11) is 0. The Bertz CT molecular complexity index is 1340. The van der Waals surface area contributed by atoms with E-state index in [4.69, 9.17) is 22.4 Å². The standard InChI is InChI=1S/C20H15N5O4S/c21-20(28)23-19(30)15-11(7-8-13-16(15)18(27)25-24-13)10-4-1-2-5-12(10)22-17(26)14-6-3-9-29-14/h1-9H,(H,22,26)(H2,24,25,27)(H3,21,23,28,30). The molecule has 0 radical (unpaired) electrons. The van der Waals surface area contributed by atoms with Crippen LogP contribution in [0.3, 0.4) is 0 Å². The van der Waals surface area contributed by atoms with Crippen molar-refractivity contribution in [2.24, 2.45) is 5.73 Å². The summed E-state index contributed by atoms with van der Waals surface area (Å²) >= 11 is 5.35. The second kappa shape index (κ2) is 7.68. The number of urea groups is 1. The molecule has 150 valence electrons. The molecule has 30 heavy (non-hydrogen) atoms. The molecule has 10 heteroatoms. The second-order valence-corrected chi connectivity index (χ2v) is 6.69. The number of nitrogens with one attached hydrogen (secondary N) is 4. The molecule has 0 aliphatic rings. The molecule has 4 aromatic rings. The second-order valence-electron chi connectivity index (χ2n) is 6.29. The van der Waals surface area contributed by atoms with Crippen molar-refractivity contribution < 1.29 is 14.0 Å². The Balaban J connectivity index is 1.89. The molecule has 6 N–H and O–H groups in total. The van der Waals surface area contributed by atoms with Gasteiger partial charge in [0.05, 0.1) is 17.2 Å². The third-order valence-electron chi connectivity index (χ3n) is 4.42. The van der Waals surface area contributed by atoms with Crippen LogP contribution in [0.25, 0.3) is 22.0 Å². The molecule has 0 atom stereocenters. The first kappa shape index (κ1) is 19.2. The first-order valence-corrected chi connectivity index (χ1v) is 9.15. The molecule has 4 rings (SSSR count). The molecule has 2 aromatic carbocycles. The number of H-pyrrole nitrogens is 2. The van der Waals surface area contributed by atoms with Gasteiger partial charge in [0.15, 0.2) is 5.76 Å². The lowest BCUT2D eigenvalue weighted by molar-refractivity contribution is 0.0996. The highest BCUT2D eigenvalue weighted by Gasteiger charge is 2.21. The van der Waals surface area contributed by atoms with Gasteiger partial charge in [0.2, 0.25) is 0 Å². The molecule has 0 spiro atoms. The van der Waals surface area contributed by atoms with E-state index in [-0.39, 0.29) is 16.1 Å². The molecular formula is C20H15N5O4S. The number of furan rings is 1. The van der Waals surface area contributed by atoms with Gasteiger partial charge < -0.3 is 15.5 Å². The molecule has 0 aliphatic heterocycles. The number of hydrogen-bond acceptors (Lipinski definition) is 5. The minimum Gasteiger partial charge on any atom is -0.459 e. The van der Waals surface area contributed by atoms with Gasteiger partial charge in [0, 0.05) is 16.8 Å². The average Bonchev–Trinajstić information content (AvgIpc) is 3.38. The van der Waals surface area contributed by atoms with Crippen LogP contribution in [-0.4, -0.2) is 27.1 Å². The van der Waals surface area contributed by atoms with Gasteiger partial charge in [-0.05, 0) is 29.8 Å². The van der Waals surface area contributed by atoms with Crippen molar-refractivity contribution in [3.05, 3.63) is 76.5 Å². The maximum atomic E-state index is 12.5. The molecule has 3 amide bonds. The number of carbonyl (C=O) groups excluding carboxylic acids is 2. The third-order valence-corrected chi connectivity index (χ3v) is 4.72. The predicted molar refractivity (Wildman–Crippen MR) is 115 cm³/mol. The van der Waals surface area contributed by atoms with Crippen LogP contribution in [0.5, 0.6) is 0 Å². The molecule has 2 aromatic heterocycles. The fourth-order valence-electron chi connectivity index (χ4n) is 3.18. The number of anilines is 1. The molecule has 0 bridgehead atoms. The maximum Gasteiger partial charge on any atom is 0.317 e. The van der Waals surface area contributed by atoms with E-state index < -0.39 is 17.5 Å². The van der Waals surface area contributed by atoms with Crippen LogP contribution in [0.2, 0.25) is 0 Å². The van der Waals surface area contributed by atoms with Crippen molar-refractivity contribution in [3.8, 4) is 11.1 Å². The van der Waals surface area contributed by atoms with Crippen molar-refractivity contribution in [2.45, 2.75) is 0 Å². The van der Waals surface area contributed by atoms with E-state index in [9.17, 15) is 14.4 Å². The van der Waals surface area contributed by atoms with E-state index in [1.54, 1.807) is 48.5 Å². The highest BCUT2D eigenvalue weighted by atomic mass is 32.1. The number of benzene rings is 2. The van der Waals surface area contributed by atoms with Crippen LogP contribution in [-0.2, 0) is 0 Å². The SMILES string of the molecule is NC(=O)NC(=S)c1c(-c2ccccc2NC(=O)c2ccco2)ccc2[nH][nH]c(=O)c12. The van der Waals surface area contributed by atoms with Gasteiger partial charge in [-0.2, -0.15) is 0 Å². The van der Waals surface area contributed by atoms with Crippen molar-refractivity contribution in [1.29, 1.82) is 0 Å². The van der Waals surface area contributed by atoms with Gasteiger partial charge in [0.1, 0.15) is 4.99 Å². The smallest absolute Gasteiger partial charge is 0.317 e. The van der Waals surface area contributed by atoms with Gasteiger partial charge >= 0.3 is 6.03 Å². The summed E-state index contributed by atoms with van der Waals surface area (Å²) in [5, 5.41) is 10.7. The van der Waals surface area contributed by atoms with E-state index in [0.29, 0.717) is 27.9 Å².